The molecule has 0 amide bonds. The van der Waals surface area contributed by atoms with Crippen LogP contribution in [0.3, 0.4) is 0 Å². The van der Waals surface area contributed by atoms with Crippen molar-refractivity contribution in [3.63, 3.8) is 0 Å². The van der Waals surface area contributed by atoms with Crippen molar-refractivity contribution >= 4 is 23.0 Å². The molecule has 7 heteroatoms. The van der Waals surface area contributed by atoms with E-state index in [-0.39, 0.29) is 0 Å². The smallest absolute Gasteiger partial charge is 0.362 e. The van der Waals surface area contributed by atoms with Crippen LogP contribution in [0.15, 0.2) is 24.3 Å². The van der Waals surface area contributed by atoms with Gasteiger partial charge in [-0.25, -0.2) is 0 Å². The summed E-state index contributed by atoms with van der Waals surface area (Å²) in [6.45, 7) is 8.67. The molecule has 0 saturated carbocycles. The molecule has 1 aliphatic heterocycles. The maximum absolute atomic E-state index is 12.5. The fourth-order valence-electron chi connectivity index (χ4n) is 3.40. The molecule has 0 spiro atoms. The first-order valence-electron chi connectivity index (χ1n) is 8.68. The van der Waals surface area contributed by atoms with Gasteiger partial charge in [0.2, 0.25) is 0 Å². The van der Waals surface area contributed by atoms with E-state index in [4.69, 9.17) is 12.2 Å². The third-order valence-electron chi connectivity index (χ3n) is 4.35. The number of hydrogen-bond acceptors (Lipinski definition) is 2. The number of benzene rings is 1. The summed E-state index contributed by atoms with van der Waals surface area (Å²) >= 11 is 5.19. The first-order valence-corrected chi connectivity index (χ1v) is 9.09. The van der Waals surface area contributed by atoms with Crippen molar-refractivity contribution in [3.05, 3.63) is 29.8 Å². The fraction of sp³-hybridized carbons (Fsp3) is 0.611. The minimum atomic E-state index is -4.32. The predicted molar refractivity (Wildman–Crippen MR) is 99.7 cm³/mol. The van der Waals surface area contributed by atoms with Crippen LogP contribution in [0, 0.1) is 11.8 Å². The van der Waals surface area contributed by atoms with Gasteiger partial charge in [-0.05, 0) is 67.7 Å². The molecule has 1 heterocycles. The molecular weight excluding hydrogens is 347 g/mol. The van der Waals surface area contributed by atoms with E-state index in [1.165, 1.54) is 18.6 Å². The van der Waals surface area contributed by atoms with Gasteiger partial charge in [0.25, 0.3) is 0 Å². The molecule has 3 nitrogen and oxygen atoms in total. The van der Waals surface area contributed by atoms with Gasteiger partial charge in [0.1, 0.15) is 0 Å². The third kappa shape index (κ3) is 6.82. The summed E-state index contributed by atoms with van der Waals surface area (Å²) in [6, 6.07) is 4.86. The van der Waals surface area contributed by atoms with E-state index in [9.17, 15) is 13.2 Å². The van der Waals surface area contributed by atoms with Gasteiger partial charge in [-0.1, -0.05) is 13.8 Å². The van der Waals surface area contributed by atoms with E-state index < -0.39 is 11.7 Å². The number of halogens is 3. The molecule has 2 N–H and O–H groups in total. The first-order chi connectivity index (χ1) is 11.7. The number of nitrogens with one attached hydrogen (secondary N) is 2. The highest BCUT2D eigenvalue weighted by molar-refractivity contribution is 7.80. The van der Waals surface area contributed by atoms with Crippen LogP contribution >= 0.6 is 12.2 Å². The van der Waals surface area contributed by atoms with Crippen LogP contribution in [0.1, 0.15) is 32.3 Å². The maximum atomic E-state index is 12.5. The van der Waals surface area contributed by atoms with Gasteiger partial charge in [-0.2, -0.15) is 13.2 Å². The van der Waals surface area contributed by atoms with E-state index in [1.54, 1.807) is 0 Å². The van der Waals surface area contributed by atoms with Crippen molar-refractivity contribution < 1.29 is 13.2 Å². The van der Waals surface area contributed by atoms with Crippen LogP contribution in [-0.2, 0) is 6.18 Å². The second-order valence-electron chi connectivity index (χ2n) is 7.02. The lowest BCUT2D eigenvalue weighted by Crippen LogP contribution is -2.40. The van der Waals surface area contributed by atoms with E-state index in [0.717, 1.165) is 56.6 Å². The Kier molecular flexibility index (Phi) is 7.07. The largest absolute Gasteiger partial charge is 0.416 e. The van der Waals surface area contributed by atoms with E-state index >= 15 is 0 Å². The lowest BCUT2D eigenvalue weighted by atomic mass is 9.92. The van der Waals surface area contributed by atoms with Crippen LogP contribution in [0.25, 0.3) is 0 Å². The van der Waals surface area contributed by atoms with E-state index in [2.05, 4.69) is 29.4 Å². The van der Waals surface area contributed by atoms with Crippen LogP contribution in [0.2, 0.25) is 0 Å². The van der Waals surface area contributed by atoms with Gasteiger partial charge in [0.05, 0.1) is 5.56 Å². The number of alkyl halides is 3. The SMILES string of the molecule is C[C@H]1C[C@H](C)CN(CCCNC(=S)Nc2ccc(C(F)(F)F)cc2)C1. The number of thiocarbonyl (C=S) groups is 1. The lowest BCUT2D eigenvalue weighted by molar-refractivity contribution is -0.137. The monoisotopic (exact) mass is 373 g/mol. The molecular formula is C18H26F3N3S. The normalized spacial score (nSPS) is 21.8. The average Bonchev–Trinajstić information content (AvgIpc) is 2.50. The average molecular weight is 373 g/mol. The standard InChI is InChI=1S/C18H26F3N3S/c1-13-10-14(2)12-24(11-13)9-3-8-22-17(25)23-16-6-4-15(5-7-16)18(19,20)21/h4-7,13-14H,3,8-12H2,1-2H3,(H2,22,23,25)/t13-,14-/m0/s1. The molecule has 1 aliphatic rings. The number of hydrogen-bond donors (Lipinski definition) is 2. The Balaban J connectivity index is 1.67. The van der Waals surface area contributed by atoms with Crippen LogP contribution < -0.4 is 10.6 Å². The summed E-state index contributed by atoms with van der Waals surface area (Å²) < 4.78 is 37.6. The summed E-state index contributed by atoms with van der Waals surface area (Å²) in [7, 11) is 0. The second-order valence-corrected chi connectivity index (χ2v) is 7.42. The number of anilines is 1. The number of likely N-dealkylation sites (tertiary alicyclic amines) is 1. The van der Waals surface area contributed by atoms with Crippen molar-refractivity contribution in [2.45, 2.75) is 32.9 Å². The molecule has 1 saturated heterocycles. The van der Waals surface area contributed by atoms with Gasteiger partial charge in [0.15, 0.2) is 5.11 Å². The van der Waals surface area contributed by atoms with Gasteiger partial charge in [0, 0.05) is 25.3 Å². The third-order valence-corrected chi connectivity index (χ3v) is 4.60. The van der Waals surface area contributed by atoms with Gasteiger partial charge >= 0.3 is 6.18 Å². The Bertz CT molecular complexity index is 550. The van der Waals surface area contributed by atoms with Gasteiger partial charge < -0.3 is 15.5 Å². The molecule has 1 aromatic carbocycles. The van der Waals surface area contributed by atoms with Gasteiger partial charge in [-0.3, -0.25) is 0 Å². The molecule has 0 aromatic heterocycles. The summed E-state index contributed by atoms with van der Waals surface area (Å²) in [5.74, 6) is 1.50. The summed E-state index contributed by atoms with van der Waals surface area (Å²) in [4.78, 5) is 2.49. The van der Waals surface area contributed by atoms with Crippen LogP contribution in [0.5, 0.6) is 0 Å². The van der Waals surface area contributed by atoms with E-state index in [1.807, 2.05) is 0 Å². The number of rotatable bonds is 5. The van der Waals surface area contributed by atoms with E-state index in [0.29, 0.717) is 10.8 Å². The molecule has 0 aliphatic carbocycles. The lowest BCUT2D eigenvalue weighted by Gasteiger charge is -2.35. The summed E-state index contributed by atoms with van der Waals surface area (Å²) in [5, 5.41) is 6.45. The summed E-state index contributed by atoms with van der Waals surface area (Å²) in [5.41, 5.74) is -0.119. The van der Waals surface area contributed by atoms with Gasteiger partial charge in [-0.15, -0.1) is 0 Å². The fourth-order valence-corrected chi connectivity index (χ4v) is 3.62. The molecule has 0 bridgehead atoms. The molecule has 0 unspecified atom stereocenters. The quantitative estimate of drug-likeness (QED) is 0.592. The molecule has 1 aromatic rings. The minimum absolute atomic E-state index is 0.431. The van der Waals surface area contributed by atoms with Crippen molar-refractivity contribution in [3.8, 4) is 0 Å². The Morgan fingerprint density at radius 2 is 1.76 bits per heavy atom. The van der Waals surface area contributed by atoms with Crippen molar-refractivity contribution in [1.82, 2.24) is 10.2 Å². The highest BCUT2D eigenvalue weighted by atomic mass is 32.1. The Morgan fingerprint density at radius 1 is 1.16 bits per heavy atom. The zero-order valence-corrected chi connectivity index (χ0v) is 15.5. The van der Waals surface area contributed by atoms with Crippen molar-refractivity contribution in [2.75, 3.05) is 31.5 Å². The van der Waals surface area contributed by atoms with Crippen LogP contribution in [-0.4, -0.2) is 36.2 Å². The Hall–Kier alpha value is -1.34. The molecule has 2 atom stereocenters. The number of piperidine rings is 1. The molecule has 0 radical (unpaired) electrons. The molecule has 140 valence electrons. The Labute approximate surface area is 153 Å². The maximum Gasteiger partial charge on any atom is 0.416 e. The highest BCUT2D eigenvalue weighted by Crippen LogP contribution is 2.29. The van der Waals surface area contributed by atoms with Crippen LogP contribution in [0.4, 0.5) is 18.9 Å². The van der Waals surface area contributed by atoms with Crippen molar-refractivity contribution in [1.29, 1.82) is 0 Å². The first kappa shape index (κ1) is 20.0. The highest BCUT2D eigenvalue weighted by Gasteiger charge is 2.29. The Morgan fingerprint density at radius 3 is 2.32 bits per heavy atom. The predicted octanol–water partition coefficient (Wildman–Crippen LogP) is 4.36. The minimum Gasteiger partial charge on any atom is -0.362 e. The zero-order valence-electron chi connectivity index (χ0n) is 14.7. The summed E-state index contributed by atoms with van der Waals surface area (Å²) in [6.07, 6.45) is -2.04. The molecule has 1 fully saturated rings. The molecule has 2 rings (SSSR count). The topological polar surface area (TPSA) is 27.3 Å². The molecule has 25 heavy (non-hydrogen) atoms. The number of nitrogens with zero attached hydrogens (tertiary/aromatic N) is 1. The zero-order chi connectivity index (χ0) is 18.4. The second kappa shape index (κ2) is 8.85. The van der Waals surface area contributed by atoms with Crippen molar-refractivity contribution in [2.24, 2.45) is 11.8 Å².